The van der Waals surface area contributed by atoms with Crippen molar-refractivity contribution in [1.29, 1.82) is 0 Å². The molecule has 0 N–H and O–H groups in total. The first-order chi connectivity index (χ1) is 27.6. The molecule has 0 bridgehead atoms. The summed E-state index contributed by atoms with van der Waals surface area (Å²) in [6, 6.07) is 0. The van der Waals surface area contributed by atoms with Gasteiger partial charge in [0.25, 0.3) is 0 Å². The molecule has 0 spiro atoms. The SMILES string of the molecule is CC1C(C)(C)CCC1(C)C.CC1CCC(C)(C)CC1.CC1CCCC(C)C1C.CC1CCCCC1.CC1CCCC[C@H]1C.C[C@@H]1CCCC1(C)C.C[C@@H]1CCCCC1(C)C. The molecule has 6 atom stereocenters. The van der Waals surface area contributed by atoms with E-state index < -0.39 is 0 Å². The Bertz CT molecular complexity index is 1020. The van der Waals surface area contributed by atoms with Crippen molar-refractivity contribution in [3.8, 4) is 0 Å². The van der Waals surface area contributed by atoms with Crippen molar-refractivity contribution in [2.24, 2.45) is 86.3 Å². The molecule has 0 aromatic carbocycles. The van der Waals surface area contributed by atoms with Crippen LogP contribution >= 0.6 is 0 Å². The van der Waals surface area contributed by atoms with Crippen LogP contribution in [-0.2, 0) is 0 Å². The van der Waals surface area contributed by atoms with E-state index in [2.05, 4.69) is 138 Å². The molecule has 7 rings (SSSR count). The molecule has 60 heavy (non-hydrogen) atoms. The van der Waals surface area contributed by atoms with Crippen molar-refractivity contribution >= 4 is 0 Å². The van der Waals surface area contributed by atoms with Crippen LogP contribution in [0.25, 0.3) is 0 Å². The van der Waals surface area contributed by atoms with Crippen LogP contribution in [0.2, 0.25) is 0 Å². The highest BCUT2D eigenvalue weighted by atomic mass is 14.5. The van der Waals surface area contributed by atoms with Gasteiger partial charge in [-0.2, -0.15) is 0 Å². The largest absolute Gasteiger partial charge is 0.0625 e. The molecule has 7 fully saturated rings. The molecule has 7 saturated carbocycles. The van der Waals surface area contributed by atoms with E-state index in [0.717, 1.165) is 59.2 Å². The van der Waals surface area contributed by atoms with Crippen molar-refractivity contribution in [3.05, 3.63) is 0 Å². The average molecular weight is 842 g/mol. The van der Waals surface area contributed by atoms with E-state index in [9.17, 15) is 0 Å². The van der Waals surface area contributed by atoms with E-state index in [4.69, 9.17) is 0 Å². The van der Waals surface area contributed by atoms with Gasteiger partial charge in [0.15, 0.2) is 0 Å². The third kappa shape index (κ3) is 22.8. The second kappa shape index (κ2) is 27.5. The Morgan fingerprint density at radius 2 is 0.617 bits per heavy atom. The van der Waals surface area contributed by atoms with Crippen molar-refractivity contribution < 1.29 is 0 Å². The Morgan fingerprint density at radius 1 is 0.267 bits per heavy atom. The number of hydrogen-bond acceptors (Lipinski definition) is 0. The predicted octanol–water partition coefficient (Wildman–Crippen LogP) is 21.2. The average Bonchev–Trinajstić information content (AvgIpc) is 3.59. The highest BCUT2D eigenvalue weighted by Crippen LogP contribution is 2.53. The molecule has 0 saturated heterocycles. The van der Waals surface area contributed by atoms with Gasteiger partial charge in [0.05, 0.1) is 0 Å². The number of rotatable bonds is 0. The molecule has 0 aromatic heterocycles. The highest BCUT2D eigenvalue weighted by molar-refractivity contribution is 4.93. The molecule has 0 radical (unpaired) electrons. The maximum atomic E-state index is 2.40. The van der Waals surface area contributed by atoms with Crippen LogP contribution in [0.1, 0.15) is 299 Å². The van der Waals surface area contributed by atoms with Crippen LogP contribution in [-0.4, -0.2) is 0 Å². The summed E-state index contributed by atoms with van der Waals surface area (Å²) in [6.07, 6.45) is 36.5. The molecule has 0 aliphatic heterocycles. The molecule has 0 nitrogen and oxygen atoms in total. The van der Waals surface area contributed by atoms with Crippen LogP contribution in [0.3, 0.4) is 0 Å². The van der Waals surface area contributed by atoms with Gasteiger partial charge in [0, 0.05) is 0 Å². The van der Waals surface area contributed by atoms with Gasteiger partial charge in [0.1, 0.15) is 0 Å². The van der Waals surface area contributed by atoms with Gasteiger partial charge in [-0.25, -0.2) is 0 Å². The summed E-state index contributed by atoms with van der Waals surface area (Å²) >= 11 is 0. The molecule has 0 aromatic rings. The first-order valence-electron chi connectivity index (χ1n) is 27.6. The van der Waals surface area contributed by atoms with E-state index in [0.29, 0.717) is 27.1 Å². The topological polar surface area (TPSA) is 0 Å². The van der Waals surface area contributed by atoms with Crippen molar-refractivity contribution in [2.75, 3.05) is 0 Å². The zero-order valence-corrected chi connectivity index (χ0v) is 46.0. The molecule has 0 heteroatoms. The Morgan fingerprint density at radius 3 is 0.867 bits per heavy atom. The lowest BCUT2D eigenvalue weighted by Gasteiger charge is -2.36. The lowest BCUT2D eigenvalue weighted by Crippen LogP contribution is -2.24. The maximum Gasteiger partial charge on any atom is -0.0323 e. The second-order valence-corrected chi connectivity index (χ2v) is 27.2. The van der Waals surface area contributed by atoms with Crippen molar-refractivity contribution in [3.63, 3.8) is 0 Å². The summed E-state index contributed by atoms with van der Waals surface area (Å²) in [5.41, 5.74) is 3.12. The van der Waals surface area contributed by atoms with Gasteiger partial charge < -0.3 is 0 Å². The Kier molecular flexibility index (Phi) is 26.6. The fraction of sp³-hybridized carbons (Fsp3) is 1.00. The summed E-state index contributed by atoms with van der Waals surface area (Å²) in [5, 5.41) is 0. The van der Waals surface area contributed by atoms with E-state index in [1.807, 2.05) is 0 Å². The molecule has 7 aliphatic carbocycles. The van der Waals surface area contributed by atoms with Crippen molar-refractivity contribution in [2.45, 2.75) is 299 Å². The molecule has 7 aliphatic rings. The predicted molar refractivity (Wildman–Crippen MR) is 276 cm³/mol. The Balaban J connectivity index is 0.000000351. The van der Waals surface area contributed by atoms with Crippen molar-refractivity contribution in [1.82, 2.24) is 0 Å². The van der Waals surface area contributed by atoms with Gasteiger partial charge in [-0.1, -0.05) is 260 Å². The van der Waals surface area contributed by atoms with Gasteiger partial charge in [-0.05, 0) is 125 Å². The van der Waals surface area contributed by atoms with Gasteiger partial charge in [-0.3, -0.25) is 0 Å². The molecular weight excluding hydrogens is 721 g/mol. The van der Waals surface area contributed by atoms with E-state index >= 15 is 0 Å². The summed E-state index contributed by atoms with van der Waals surface area (Å²) < 4.78 is 0. The molecule has 3 unspecified atom stereocenters. The second-order valence-electron chi connectivity index (χ2n) is 27.2. The van der Waals surface area contributed by atoms with Crippen LogP contribution in [0.4, 0.5) is 0 Å². The monoisotopic (exact) mass is 841 g/mol. The quantitative estimate of drug-likeness (QED) is 0.228. The lowest BCUT2D eigenvalue weighted by molar-refractivity contribution is 0.154. The van der Waals surface area contributed by atoms with Crippen LogP contribution in [0.15, 0.2) is 0 Å². The minimum absolute atomic E-state index is 0.587. The fourth-order valence-corrected chi connectivity index (χ4v) is 11.5. The zero-order chi connectivity index (χ0) is 46.0. The van der Waals surface area contributed by atoms with Gasteiger partial charge in [-0.15, -0.1) is 0 Å². The minimum atomic E-state index is 0.587. The minimum Gasteiger partial charge on any atom is -0.0625 e. The normalized spacial score (nSPS) is 34.3. The summed E-state index contributed by atoms with van der Waals surface area (Å²) in [7, 11) is 0. The van der Waals surface area contributed by atoms with Gasteiger partial charge in [0.2, 0.25) is 0 Å². The summed E-state index contributed by atoms with van der Waals surface area (Å²) in [6.45, 7) is 47.7. The standard InChI is InChI=1S/C10H20.3C9H18.2C8H16.C7H14/c1-8-9(2,3)6-7-10(8,4)5;1-8-4-6-9(2,3)7-5-8;1-8-6-4-5-7-9(8,2)3;1-7-5-4-6-8(2)9(7)3;1-7-5-4-6-8(7,2)3;1-7-5-3-4-6-8(7)2;1-7-5-3-2-4-6-7/h8H,6-7H2,1-5H3;2*8H,4-7H2,1-3H3;7-9H,4-6H2,1-3H3;7H,4-6H2,1-3H3;7-8H,3-6H2,1-2H3;7H,2-6H2,1H3/t;;8-;;7-;7-,8?;/m..1.11./s1. The first kappa shape index (κ1) is 58.0. The zero-order valence-electron chi connectivity index (χ0n) is 46.0. The lowest BCUT2D eigenvalue weighted by atomic mass is 9.70. The molecule has 0 heterocycles. The van der Waals surface area contributed by atoms with E-state index in [1.165, 1.54) is 161 Å². The molecule has 360 valence electrons. The molecular formula is C60H120. The Labute approximate surface area is 383 Å². The van der Waals surface area contributed by atoms with Gasteiger partial charge >= 0.3 is 0 Å². The first-order valence-corrected chi connectivity index (χ1v) is 27.6. The summed E-state index contributed by atoms with van der Waals surface area (Å²) in [5.74, 6) is 9.76. The van der Waals surface area contributed by atoms with Crippen LogP contribution in [0.5, 0.6) is 0 Å². The maximum absolute atomic E-state index is 2.40. The van der Waals surface area contributed by atoms with Crippen LogP contribution in [0, 0.1) is 86.3 Å². The Hall–Kier alpha value is 0. The molecule has 0 amide bonds. The van der Waals surface area contributed by atoms with E-state index in [1.54, 1.807) is 0 Å². The smallest absolute Gasteiger partial charge is 0.0323 e. The third-order valence-corrected chi connectivity index (χ3v) is 19.8. The third-order valence-electron chi connectivity index (χ3n) is 19.8. The van der Waals surface area contributed by atoms with E-state index in [-0.39, 0.29) is 0 Å². The van der Waals surface area contributed by atoms with Crippen LogP contribution < -0.4 is 0 Å². The highest BCUT2D eigenvalue weighted by Gasteiger charge is 2.43. The summed E-state index contributed by atoms with van der Waals surface area (Å²) in [4.78, 5) is 0. The number of hydrogen-bond donors (Lipinski definition) is 0. The fourth-order valence-electron chi connectivity index (χ4n) is 11.5.